The van der Waals surface area contributed by atoms with Gasteiger partial charge in [0.05, 0.1) is 12.7 Å². The summed E-state index contributed by atoms with van der Waals surface area (Å²) in [4.78, 5) is 14.2. The van der Waals surface area contributed by atoms with E-state index in [0.29, 0.717) is 11.8 Å². The largest absolute Gasteiger partial charge is 0.375 e. The Kier molecular flexibility index (Phi) is 5.04. The van der Waals surface area contributed by atoms with Crippen molar-refractivity contribution in [3.8, 4) is 0 Å². The van der Waals surface area contributed by atoms with E-state index in [1.54, 1.807) is 0 Å². The molecule has 3 heteroatoms. The maximum absolute atomic E-state index is 12.2. The normalized spacial score (nSPS) is 25.3. The molecule has 2 aliphatic rings. The van der Waals surface area contributed by atoms with Crippen molar-refractivity contribution in [3.05, 3.63) is 0 Å². The summed E-state index contributed by atoms with van der Waals surface area (Å²) in [6, 6.07) is 0. The van der Waals surface area contributed by atoms with Crippen LogP contribution in [0.2, 0.25) is 0 Å². The lowest BCUT2D eigenvalue weighted by Gasteiger charge is -2.37. The van der Waals surface area contributed by atoms with Crippen LogP contribution in [0, 0.1) is 11.8 Å². The zero-order chi connectivity index (χ0) is 13.0. The van der Waals surface area contributed by atoms with Gasteiger partial charge in [0, 0.05) is 19.0 Å². The van der Waals surface area contributed by atoms with Gasteiger partial charge in [-0.3, -0.25) is 4.79 Å². The van der Waals surface area contributed by atoms with Crippen molar-refractivity contribution in [1.29, 1.82) is 0 Å². The number of rotatable bonds is 5. The average Bonchev–Trinajstić information content (AvgIpc) is 2.26. The Morgan fingerprint density at radius 1 is 1.39 bits per heavy atom. The van der Waals surface area contributed by atoms with Crippen molar-refractivity contribution in [2.75, 3.05) is 19.7 Å². The Balaban J connectivity index is 1.72. The van der Waals surface area contributed by atoms with Crippen LogP contribution in [0.15, 0.2) is 0 Å². The fraction of sp³-hybridized carbons (Fsp3) is 0.933. The van der Waals surface area contributed by atoms with E-state index in [0.717, 1.165) is 44.9 Å². The minimum Gasteiger partial charge on any atom is -0.375 e. The maximum Gasteiger partial charge on any atom is 0.225 e. The van der Waals surface area contributed by atoms with Gasteiger partial charge < -0.3 is 9.64 Å². The van der Waals surface area contributed by atoms with Gasteiger partial charge in [0.15, 0.2) is 0 Å². The van der Waals surface area contributed by atoms with Gasteiger partial charge in [0.2, 0.25) is 5.91 Å². The molecule has 1 saturated carbocycles. The molecule has 0 aromatic heterocycles. The number of carbonyl (C=O) groups excluding carboxylic acids is 1. The third kappa shape index (κ3) is 3.71. The molecule has 2 fully saturated rings. The van der Waals surface area contributed by atoms with Gasteiger partial charge in [0.25, 0.3) is 0 Å². The summed E-state index contributed by atoms with van der Waals surface area (Å²) in [6.07, 6.45) is 7.30. The fourth-order valence-electron chi connectivity index (χ4n) is 2.76. The molecule has 0 aromatic carbocycles. The summed E-state index contributed by atoms with van der Waals surface area (Å²) < 4.78 is 5.78. The van der Waals surface area contributed by atoms with Gasteiger partial charge in [-0.15, -0.1) is 0 Å². The van der Waals surface area contributed by atoms with Gasteiger partial charge >= 0.3 is 0 Å². The summed E-state index contributed by atoms with van der Waals surface area (Å²) in [5.74, 6) is 1.49. The quantitative estimate of drug-likeness (QED) is 0.754. The first-order valence-corrected chi connectivity index (χ1v) is 7.57. The molecule has 0 spiro atoms. The summed E-state index contributed by atoms with van der Waals surface area (Å²) in [7, 11) is 0. The topological polar surface area (TPSA) is 29.5 Å². The molecular weight excluding hydrogens is 226 g/mol. The minimum absolute atomic E-state index is 0.279. The van der Waals surface area contributed by atoms with E-state index in [9.17, 15) is 4.79 Å². The number of carbonyl (C=O) groups is 1. The predicted molar refractivity (Wildman–Crippen MR) is 72.4 cm³/mol. The van der Waals surface area contributed by atoms with E-state index in [4.69, 9.17) is 4.74 Å². The number of amides is 1. The highest BCUT2D eigenvalue weighted by molar-refractivity contribution is 5.79. The lowest BCUT2D eigenvalue weighted by atomic mass is 9.84. The van der Waals surface area contributed by atoms with E-state index < -0.39 is 0 Å². The Morgan fingerprint density at radius 2 is 2.17 bits per heavy atom. The van der Waals surface area contributed by atoms with Gasteiger partial charge in [-0.1, -0.05) is 33.1 Å². The van der Waals surface area contributed by atoms with E-state index in [2.05, 4.69) is 13.8 Å². The van der Waals surface area contributed by atoms with Crippen LogP contribution in [0.3, 0.4) is 0 Å². The van der Waals surface area contributed by atoms with Crippen molar-refractivity contribution >= 4 is 5.91 Å². The Labute approximate surface area is 111 Å². The standard InChI is InChI=1S/C15H27NO2/c1-12(2)5-3-8-14-11-16(9-10-18-14)15(17)13-6-4-7-13/h12-14H,3-11H2,1-2H3/t14-/m0/s1. The highest BCUT2D eigenvalue weighted by atomic mass is 16.5. The average molecular weight is 253 g/mol. The van der Waals surface area contributed by atoms with Gasteiger partial charge in [-0.2, -0.15) is 0 Å². The number of hydrogen-bond acceptors (Lipinski definition) is 2. The van der Waals surface area contributed by atoms with Crippen molar-refractivity contribution in [2.24, 2.45) is 11.8 Å². The van der Waals surface area contributed by atoms with Gasteiger partial charge in [0.1, 0.15) is 0 Å². The Morgan fingerprint density at radius 3 is 2.78 bits per heavy atom. The molecule has 1 aliphatic heterocycles. The molecule has 1 aliphatic carbocycles. The molecule has 0 unspecified atom stereocenters. The van der Waals surface area contributed by atoms with Crippen LogP contribution in [0.4, 0.5) is 0 Å². The van der Waals surface area contributed by atoms with Crippen LogP contribution in [-0.4, -0.2) is 36.6 Å². The molecule has 1 saturated heterocycles. The van der Waals surface area contributed by atoms with Crippen LogP contribution < -0.4 is 0 Å². The monoisotopic (exact) mass is 253 g/mol. The molecule has 2 rings (SSSR count). The van der Waals surface area contributed by atoms with Crippen molar-refractivity contribution < 1.29 is 9.53 Å². The SMILES string of the molecule is CC(C)CCC[C@H]1CN(C(=O)C2CCC2)CCO1. The second-order valence-electron chi connectivity index (χ2n) is 6.23. The first-order valence-electron chi connectivity index (χ1n) is 7.57. The lowest BCUT2D eigenvalue weighted by Crippen LogP contribution is -2.48. The number of ether oxygens (including phenoxy) is 1. The van der Waals surface area contributed by atoms with E-state index >= 15 is 0 Å². The van der Waals surface area contributed by atoms with E-state index in [1.807, 2.05) is 4.90 Å². The molecule has 1 heterocycles. The molecule has 0 bridgehead atoms. The summed E-state index contributed by atoms with van der Waals surface area (Å²) in [5, 5.41) is 0. The third-order valence-corrected chi connectivity index (χ3v) is 4.21. The summed E-state index contributed by atoms with van der Waals surface area (Å²) >= 11 is 0. The molecule has 1 atom stereocenters. The zero-order valence-electron chi connectivity index (χ0n) is 11.9. The fourth-order valence-corrected chi connectivity index (χ4v) is 2.76. The molecule has 3 nitrogen and oxygen atoms in total. The summed E-state index contributed by atoms with van der Waals surface area (Å²) in [6.45, 7) is 6.87. The van der Waals surface area contributed by atoms with E-state index in [1.165, 1.54) is 19.3 Å². The van der Waals surface area contributed by atoms with Crippen LogP contribution in [0.1, 0.15) is 52.4 Å². The Hall–Kier alpha value is -0.570. The lowest BCUT2D eigenvalue weighted by molar-refractivity contribution is -0.146. The van der Waals surface area contributed by atoms with Crippen LogP contribution in [0.5, 0.6) is 0 Å². The highest BCUT2D eigenvalue weighted by Crippen LogP contribution is 2.29. The van der Waals surface area contributed by atoms with Crippen LogP contribution >= 0.6 is 0 Å². The molecule has 0 aromatic rings. The number of nitrogens with zero attached hydrogens (tertiary/aromatic N) is 1. The first-order chi connectivity index (χ1) is 8.66. The second kappa shape index (κ2) is 6.55. The smallest absolute Gasteiger partial charge is 0.225 e. The molecule has 18 heavy (non-hydrogen) atoms. The van der Waals surface area contributed by atoms with Crippen molar-refractivity contribution in [2.45, 2.75) is 58.5 Å². The third-order valence-electron chi connectivity index (χ3n) is 4.21. The zero-order valence-corrected chi connectivity index (χ0v) is 11.9. The molecule has 1 amide bonds. The molecule has 104 valence electrons. The van der Waals surface area contributed by atoms with Crippen LogP contribution in [-0.2, 0) is 9.53 Å². The van der Waals surface area contributed by atoms with Crippen molar-refractivity contribution in [1.82, 2.24) is 4.90 Å². The van der Waals surface area contributed by atoms with E-state index in [-0.39, 0.29) is 6.10 Å². The molecule has 0 N–H and O–H groups in total. The maximum atomic E-state index is 12.2. The highest BCUT2D eigenvalue weighted by Gasteiger charge is 2.32. The number of morpholine rings is 1. The van der Waals surface area contributed by atoms with Crippen molar-refractivity contribution in [3.63, 3.8) is 0 Å². The molecule has 0 radical (unpaired) electrons. The Bertz CT molecular complexity index is 274. The summed E-state index contributed by atoms with van der Waals surface area (Å²) in [5.41, 5.74) is 0. The van der Waals surface area contributed by atoms with Gasteiger partial charge in [-0.25, -0.2) is 0 Å². The second-order valence-corrected chi connectivity index (χ2v) is 6.23. The predicted octanol–water partition coefficient (Wildman–Crippen LogP) is 2.84. The molecular formula is C15H27NO2. The van der Waals surface area contributed by atoms with Crippen LogP contribution in [0.25, 0.3) is 0 Å². The number of hydrogen-bond donors (Lipinski definition) is 0. The first kappa shape index (κ1) is 13.9. The van der Waals surface area contributed by atoms with Gasteiger partial charge in [-0.05, 0) is 25.2 Å². The minimum atomic E-state index is 0.279.